The van der Waals surface area contributed by atoms with Crippen LogP contribution in [0.4, 0.5) is 0 Å². The van der Waals surface area contributed by atoms with Crippen LogP contribution in [0.15, 0.2) is 48.8 Å². The second-order valence-corrected chi connectivity index (χ2v) is 6.56. The molecule has 3 aromatic rings. The molecule has 0 bridgehead atoms. The van der Waals surface area contributed by atoms with Gasteiger partial charge in [0, 0.05) is 6.54 Å². The molecule has 4 rings (SSSR count). The number of nitrogens with zero attached hydrogens (tertiary/aromatic N) is 5. The van der Waals surface area contributed by atoms with Gasteiger partial charge in [0.2, 0.25) is 5.91 Å². The number of rotatable bonds is 5. The zero-order chi connectivity index (χ0) is 19.5. The Balaban J connectivity index is 1.77. The number of hydrogen-bond donors (Lipinski definition) is 0. The fourth-order valence-electron chi connectivity index (χ4n) is 3.69. The molecular weight excluding hydrogens is 358 g/mol. The fourth-order valence-corrected chi connectivity index (χ4v) is 3.69. The number of fused-ring (bicyclic) bond motifs is 1. The summed E-state index contributed by atoms with van der Waals surface area (Å²) < 4.78 is 12.4. The zero-order valence-electron chi connectivity index (χ0n) is 15.8. The summed E-state index contributed by atoms with van der Waals surface area (Å²) in [4.78, 5) is 15.0. The lowest BCUT2D eigenvalue weighted by atomic mass is 9.87. The molecule has 0 N–H and O–H groups in total. The summed E-state index contributed by atoms with van der Waals surface area (Å²) in [5, 5.41) is 11.0. The van der Waals surface area contributed by atoms with E-state index in [0.29, 0.717) is 18.0 Å². The molecule has 2 aromatic carbocycles. The van der Waals surface area contributed by atoms with E-state index < -0.39 is 0 Å². The van der Waals surface area contributed by atoms with Crippen LogP contribution >= 0.6 is 0 Å². The van der Waals surface area contributed by atoms with Crippen LogP contribution in [-0.2, 0) is 17.8 Å². The first-order valence-electron chi connectivity index (χ1n) is 9.01. The van der Waals surface area contributed by atoms with E-state index in [1.54, 1.807) is 14.2 Å². The molecule has 0 radical (unpaired) electrons. The Morgan fingerprint density at radius 1 is 1.14 bits per heavy atom. The van der Waals surface area contributed by atoms with E-state index in [1.165, 1.54) is 11.0 Å². The molecule has 8 heteroatoms. The molecule has 144 valence electrons. The Morgan fingerprint density at radius 3 is 2.57 bits per heavy atom. The maximum atomic E-state index is 13.1. The average molecular weight is 379 g/mol. The van der Waals surface area contributed by atoms with Gasteiger partial charge < -0.3 is 14.4 Å². The molecule has 0 fully saturated rings. The van der Waals surface area contributed by atoms with Gasteiger partial charge in [0.05, 0.1) is 20.3 Å². The van der Waals surface area contributed by atoms with Gasteiger partial charge >= 0.3 is 0 Å². The average Bonchev–Trinajstić information content (AvgIpc) is 3.25. The highest BCUT2D eigenvalue weighted by Crippen LogP contribution is 2.41. The first-order chi connectivity index (χ1) is 13.7. The van der Waals surface area contributed by atoms with Crippen LogP contribution in [0.1, 0.15) is 22.7 Å². The van der Waals surface area contributed by atoms with Crippen molar-refractivity contribution in [1.29, 1.82) is 0 Å². The number of benzene rings is 2. The lowest BCUT2D eigenvalue weighted by Crippen LogP contribution is -2.42. The van der Waals surface area contributed by atoms with E-state index in [0.717, 1.165) is 23.1 Å². The molecule has 0 spiro atoms. The third-order valence-corrected chi connectivity index (χ3v) is 5.00. The van der Waals surface area contributed by atoms with Gasteiger partial charge in [0.1, 0.15) is 12.9 Å². The molecule has 28 heavy (non-hydrogen) atoms. The number of amides is 1. The molecule has 1 aliphatic heterocycles. The zero-order valence-corrected chi connectivity index (χ0v) is 15.8. The van der Waals surface area contributed by atoms with Crippen molar-refractivity contribution in [3.63, 3.8) is 0 Å². The molecule has 2 heterocycles. The maximum Gasteiger partial charge on any atom is 0.245 e. The Bertz CT molecular complexity index is 959. The lowest BCUT2D eigenvalue weighted by molar-refractivity contribution is -0.134. The van der Waals surface area contributed by atoms with E-state index in [-0.39, 0.29) is 18.5 Å². The number of carbonyl (C=O) groups excluding carboxylic acids is 1. The van der Waals surface area contributed by atoms with E-state index in [4.69, 9.17) is 9.47 Å². The minimum atomic E-state index is -0.214. The number of hydrogen-bond acceptors (Lipinski definition) is 6. The smallest absolute Gasteiger partial charge is 0.245 e. The normalized spacial score (nSPS) is 15.8. The molecule has 1 aromatic heterocycles. The second kappa shape index (κ2) is 7.67. The van der Waals surface area contributed by atoms with Crippen molar-refractivity contribution < 1.29 is 14.3 Å². The standard InChI is InChI=1S/C20H21N5O3/c1-27-17-10-15-8-9-25(19(26)12-24-13-21-22-23-24)20(14-6-4-3-5-7-14)16(15)11-18(17)28-2/h3-7,10-11,13,20H,8-9,12H2,1-2H3/t20-/m0/s1. The summed E-state index contributed by atoms with van der Waals surface area (Å²) in [6.07, 6.45) is 2.18. The van der Waals surface area contributed by atoms with Crippen molar-refractivity contribution in [1.82, 2.24) is 25.1 Å². The van der Waals surface area contributed by atoms with Crippen molar-refractivity contribution >= 4 is 5.91 Å². The predicted molar refractivity (Wildman–Crippen MR) is 101 cm³/mol. The van der Waals surface area contributed by atoms with Gasteiger partial charge in [-0.1, -0.05) is 30.3 Å². The number of aromatic nitrogens is 4. The van der Waals surface area contributed by atoms with Gasteiger partial charge in [0.15, 0.2) is 11.5 Å². The Kier molecular flexibility index (Phi) is 4.92. The summed E-state index contributed by atoms with van der Waals surface area (Å²) in [5.74, 6) is 1.31. The number of tetrazole rings is 1. The van der Waals surface area contributed by atoms with Gasteiger partial charge in [-0.3, -0.25) is 4.79 Å². The number of carbonyl (C=O) groups is 1. The maximum absolute atomic E-state index is 13.1. The highest BCUT2D eigenvalue weighted by atomic mass is 16.5. The highest BCUT2D eigenvalue weighted by molar-refractivity contribution is 5.77. The molecule has 8 nitrogen and oxygen atoms in total. The third-order valence-electron chi connectivity index (χ3n) is 5.00. The molecule has 0 unspecified atom stereocenters. The first kappa shape index (κ1) is 18.0. The summed E-state index contributed by atoms with van der Waals surface area (Å²) in [6, 6.07) is 13.8. The number of ether oxygens (including phenoxy) is 2. The van der Waals surface area contributed by atoms with E-state index >= 15 is 0 Å². The lowest BCUT2D eigenvalue weighted by Gasteiger charge is -2.38. The highest BCUT2D eigenvalue weighted by Gasteiger charge is 2.33. The van der Waals surface area contributed by atoms with Crippen molar-refractivity contribution in [3.8, 4) is 11.5 Å². The van der Waals surface area contributed by atoms with Gasteiger partial charge in [-0.15, -0.1) is 5.10 Å². The quantitative estimate of drug-likeness (QED) is 0.673. The Morgan fingerprint density at radius 2 is 1.89 bits per heavy atom. The van der Waals surface area contributed by atoms with Crippen molar-refractivity contribution in [2.75, 3.05) is 20.8 Å². The van der Waals surface area contributed by atoms with Crippen LogP contribution in [0.25, 0.3) is 0 Å². The molecule has 0 aliphatic carbocycles. The SMILES string of the molecule is COc1cc2c(cc1OC)[C@H](c1ccccc1)N(C(=O)Cn1cnnn1)CC2. The van der Waals surface area contributed by atoms with Crippen molar-refractivity contribution in [2.24, 2.45) is 0 Å². The van der Waals surface area contributed by atoms with Crippen LogP contribution in [0.3, 0.4) is 0 Å². The Labute approximate surface area is 162 Å². The topological polar surface area (TPSA) is 82.4 Å². The Hall–Kier alpha value is -3.42. The van der Waals surface area contributed by atoms with Gasteiger partial charge in [-0.25, -0.2) is 4.68 Å². The van der Waals surface area contributed by atoms with Crippen molar-refractivity contribution in [3.05, 3.63) is 65.5 Å². The predicted octanol–water partition coefficient (Wildman–Crippen LogP) is 1.86. The molecule has 1 aliphatic rings. The molecule has 1 amide bonds. The van der Waals surface area contributed by atoms with Crippen molar-refractivity contribution in [2.45, 2.75) is 19.0 Å². The van der Waals surface area contributed by atoms with Gasteiger partial charge in [0.25, 0.3) is 0 Å². The summed E-state index contributed by atoms with van der Waals surface area (Å²) >= 11 is 0. The van der Waals surface area contributed by atoms with E-state index in [9.17, 15) is 4.79 Å². The van der Waals surface area contributed by atoms with Gasteiger partial charge in [-0.2, -0.15) is 0 Å². The molecule has 0 saturated heterocycles. The first-order valence-corrected chi connectivity index (χ1v) is 9.01. The number of methoxy groups -OCH3 is 2. The minimum absolute atomic E-state index is 0.0402. The minimum Gasteiger partial charge on any atom is -0.493 e. The van der Waals surface area contributed by atoms with Crippen LogP contribution in [-0.4, -0.2) is 51.8 Å². The molecule has 0 saturated carbocycles. The summed E-state index contributed by atoms with van der Waals surface area (Å²) in [6.45, 7) is 0.696. The monoisotopic (exact) mass is 379 g/mol. The largest absolute Gasteiger partial charge is 0.493 e. The van der Waals surface area contributed by atoms with E-state index in [2.05, 4.69) is 15.5 Å². The van der Waals surface area contributed by atoms with Crippen LogP contribution in [0.5, 0.6) is 11.5 Å². The molecule has 1 atom stereocenters. The van der Waals surface area contributed by atoms with Gasteiger partial charge in [-0.05, 0) is 45.7 Å². The van der Waals surface area contributed by atoms with Crippen LogP contribution < -0.4 is 9.47 Å². The summed E-state index contributed by atoms with van der Waals surface area (Å²) in [7, 11) is 3.25. The van der Waals surface area contributed by atoms with Crippen LogP contribution in [0.2, 0.25) is 0 Å². The second-order valence-electron chi connectivity index (χ2n) is 6.56. The van der Waals surface area contributed by atoms with Crippen LogP contribution in [0, 0.1) is 0 Å². The fraction of sp³-hybridized carbons (Fsp3) is 0.300. The third kappa shape index (κ3) is 3.28. The molecular formula is C20H21N5O3. The summed E-state index contributed by atoms with van der Waals surface area (Å²) in [5.41, 5.74) is 3.24. The van der Waals surface area contributed by atoms with E-state index in [1.807, 2.05) is 47.4 Å².